The van der Waals surface area contributed by atoms with Gasteiger partial charge in [-0.2, -0.15) is 4.98 Å². The van der Waals surface area contributed by atoms with Crippen molar-refractivity contribution in [3.63, 3.8) is 0 Å². The molecule has 2 aliphatic rings. The number of hydrogen-bond acceptors (Lipinski definition) is 6. The number of thiophene rings is 1. The van der Waals surface area contributed by atoms with Crippen LogP contribution < -0.4 is 0 Å². The molecule has 4 heterocycles. The second-order valence-corrected chi connectivity index (χ2v) is 6.63. The zero-order valence-corrected chi connectivity index (χ0v) is 12.4. The summed E-state index contributed by atoms with van der Waals surface area (Å²) in [4.78, 5) is 19.6. The van der Waals surface area contributed by atoms with Crippen molar-refractivity contribution in [1.29, 1.82) is 0 Å². The maximum absolute atomic E-state index is 12.5. The van der Waals surface area contributed by atoms with E-state index in [0.717, 1.165) is 4.88 Å². The quantitative estimate of drug-likeness (QED) is 0.840. The molecule has 6 nitrogen and oxygen atoms in total. The summed E-state index contributed by atoms with van der Waals surface area (Å²) in [7, 11) is 0. The summed E-state index contributed by atoms with van der Waals surface area (Å²) >= 11 is 1.47. The van der Waals surface area contributed by atoms with Crippen LogP contribution in [-0.4, -0.2) is 47.3 Å². The van der Waals surface area contributed by atoms with Gasteiger partial charge in [0.25, 0.3) is 5.91 Å². The van der Waals surface area contributed by atoms with Crippen molar-refractivity contribution < 1.29 is 14.1 Å². The van der Waals surface area contributed by atoms with Crippen LogP contribution in [0, 0.1) is 12.8 Å². The van der Waals surface area contributed by atoms with Crippen molar-refractivity contribution in [1.82, 2.24) is 15.0 Å². The van der Waals surface area contributed by atoms with Gasteiger partial charge in [0, 0.05) is 19.0 Å². The molecule has 4 rings (SSSR count). The van der Waals surface area contributed by atoms with Crippen LogP contribution in [0.2, 0.25) is 0 Å². The third-order valence-electron chi connectivity index (χ3n) is 4.35. The molecule has 2 fully saturated rings. The highest BCUT2D eigenvalue weighted by Gasteiger charge is 2.56. The van der Waals surface area contributed by atoms with E-state index in [4.69, 9.17) is 9.26 Å². The number of rotatable bonds is 2. The summed E-state index contributed by atoms with van der Waals surface area (Å²) < 4.78 is 11.0. The second-order valence-electron chi connectivity index (χ2n) is 5.68. The fourth-order valence-electron chi connectivity index (χ4n) is 3.25. The number of nitrogens with zero attached hydrogens (tertiary/aromatic N) is 3. The fourth-order valence-corrected chi connectivity index (χ4v) is 3.94. The lowest BCUT2D eigenvalue weighted by molar-refractivity contribution is 0.0741. The minimum absolute atomic E-state index is 0.0787. The molecule has 2 atom stereocenters. The lowest BCUT2D eigenvalue weighted by atomic mass is 9.81. The van der Waals surface area contributed by atoms with Crippen LogP contribution in [0.25, 0.3) is 0 Å². The highest BCUT2D eigenvalue weighted by atomic mass is 32.1. The summed E-state index contributed by atoms with van der Waals surface area (Å²) in [5.74, 6) is 1.52. The number of carbonyl (C=O) groups excluding carboxylic acids is 1. The Morgan fingerprint density at radius 2 is 2.48 bits per heavy atom. The van der Waals surface area contributed by atoms with E-state index in [1.165, 1.54) is 11.3 Å². The molecule has 0 unspecified atom stereocenters. The molecule has 0 saturated carbocycles. The van der Waals surface area contributed by atoms with Crippen LogP contribution in [0.4, 0.5) is 0 Å². The lowest BCUT2D eigenvalue weighted by Crippen LogP contribution is -2.37. The van der Waals surface area contributed by atoms with Gasteiger partial charge in [0.1, 0.15) is 0 Å². The zero-order valence-electron chi connectivity index (χ0n) is 11.6. The smallest absolute Gasteiger partial charge is 0.263 e. The van der Waals surface area contributed by atoms with Crippen LogP contribution in [-0.2, 0) is 10.2 Å². The van der Waals surface area contributed by atoms with E-state index in [9.17, 15) is 4.79 Å². The van der Waals surface area contributed by atoms with E-state index in [1.54, 1.807) is 6.92 Å². The van der Waals surface area contributed by atoms with E-state index in [-0.39, 0.29) is 17.2 Å². The first kappa shape index (κ1) is 13.0. The largest absolute Gasteiger partial charge is 0.380 e. The van der Waals surface area contributed by atoms with Gasteiger partial charge in [0.05, 0.1) is 23.5 Å². The molecular formula is C14H15N3O3S. The van der Waals surface area contributed by atoms with E-state index in [1.807, 2.05) is 22.4 Å². The number of likely N-dealkylation sites (tertiary alicyclic amines) is 1. The van der Waals surface area contributed by atoms with Gasteiger partial charge in [-0.3, -0.25) is 4.79 Å². The van der Waals surface area contributed by atoms with Gasteiger partial charge in [-0.1, -0.05) is 11.2 Å². The molecule has 7 heteroatoms. The molecule has 0 spiro atoms. The van der Waals surface area contributed by atoms with Gasteiger partial charge in [0.15, 0.2) is 5.82 Å². The molecule has 0 aromatic carbocycles. The summed E-state index contributed by atoms with van der Waals surface area (Å²) in [6.07, 6.45) is 0. The number of aryl methyl sites for hydroxylation is 1. The molecule has 2 aliphatic heterocycles. The third kappa shape index (κ3) is 1.91. The Labute approximate surface area is 125 Å². The van der Waals surface area contributed by atoms with Crippen molar-refractivity contribution >= 4 is 17.2 Å². The lowest BCUT2D eigenvalue weighted by Gasteiger charge is -2.22. The van der Waals surface area contributed by atoms with E-state index >= 15 is 0 Å². The molecule has 2 aromatic heterocycles. The number of ether oxygens (including phenoxy) is 1. The molecule has 2 aromatic rings. The molecule has 2 saturated heterocycles. The number of fused-ring (bicyclic) bond motifs is 1. The van der Waals surface area contributed by atoms with Crippen molar-refractivity contribution in [3.05, 3.63) is 34.1 Å². The second kappa shape index (κ2) is 4.64. The Kier molecular flexibility index (Phi) is 2.87. The van der Waals surface area contributed by atoms with Crippen molar-refractivity contribution in [2.45, 2.75) is 12.3 Å². The van der Waals surface area contributed by atoms with Crippen molar-refractivity contribution in [2.75, 3.05) is 26.3 Å². The molecule has 0 N–H and O–H groups in total. The molecule has 1 amide bonds. The summed E-state index contributed by atoms with van der Waals surface area (Å²) in [6.45, 7) is 4.23. The van der Waals surface area contributed by atoms with Crippen LogP contribution >= 0.6 is 11.3 Å². The van der Waals surface area contributed by atoms with Crippen molar-refractivity contribution in [2.24, 2.45) is 5.92 Å². The molecular weight excluding hydrogens is 290 g/mol. The topological polar surface area (TPSA) is 68.5 Å². The van der Waals surface area contributed by atoms with E-state index < -0.39 is 0 Å². The van der Waals surface area contributed by atoms with Gasteiger partial charge in [0.2, 0.25) is 5.89 Å². The number of carbonyl (C=O) groups is 1. The predicted molar refractivity (Wildman–Crippen MR) is 75.2 cm³/mol. The Morgan fingerprint density at radius 1 is 1.57 bits per heavy atom. The van der Waals surface area contributed by atoms with Gasteiger partial charge >= 0.3 is 0 Å². The summed E-state index contributed by atoms with van der Waals surface area (Å²) in [6, 6.07) is 3.76. The number of amides is 1. The first-order valence-corrected chi connectivity index (χ1v) is 7.78. The summed E-state index contributed by atoms with van der Waals surface area (Å²) in [5.41, 5.74) is -0.339. The van der Waals surface area contributed by atoms with E-state index in [0.29, 0.717) is 38.0 Å². The van der Waals surface area contributed by atoms with Crippen LogP contribution in [0.1, 0.15) is 21.4 Å². The van der Waals surface area contributed by atoms with Crippen LogP contribution in [0.5, 0.6) is 0 Å². The monoisotopic (exact) mass is 305 g/mol. The predicted octanol–water partition coefficient (Wildman–Crippen LogP) is 1.48. The van der Waals surface area contributed by atoms with Crippen LogP contribution in [0.3, 0.4) is 0 Å². The fraction of sp³-hybridized carbons (Fsp3) is 0.500. The van der Waals surface area contributed by atoms with Crippen molar-refractivity contribution in [3.8, 4) is 0 Å². The maximum atomic E-state index is 12.5. The van der Waals surface area contributed by atoms with Crippen LogP contribution in [0.15, 0.2) is 22.0 Å². The molecule has 0 aliphatic carbocycles. The molecule has 110 valence electrons. The minimum Gasteiger partial charge on any atom is -0.380 e. The normalized spacial score (nSPS) is 28.0. The van der Waals surface area contributed by atoms with Gasteiger partial charge in [-0.15, -0.1) is 11.3 Å². The molecule has 0 radical (unpaired) electrons. The van der Waals surface area contributed by atoms with Gasteiger partial charge in [-0.05, 0) is 18.4 Å². The first-order valence-electron chi connectivity index (χ1n) is 6.90. The van der Waals surface area contributed by atoms with Gasteiger partial charge in [-0.25, -0.2) is 0 Å². The Balaban J connectivity index is 1.65. The SMILES string of the molecule is Cc1noc([C@@]23COC[C@@H]2CN(C(=O)c2cccs2)C3)n1. The number of aromatic nitrogens is 2. The van der Waals surface area contributed by atoms with Gasteiger partial charge < -0.3 is 14.2 Å². The highest BCUT2D eigenvalue weighted by Crippen LogP contribution is 2.43. The minimum atomic E-state index is -0.339. The Morgan fingerprint density at radius 3 is 3.19 bits per heavy atom. The zero-order chi connectivity index (χ0) is 14.4. The maximum Gasteiger partial charge on any atom is 0.263 e. The number of hydrogen-bond donors (Lipinski definition) is 0. The molecule has 0 bridgehead atoms. The average Bonchev–Trinajstić information content (AvgIpc) is 3.21. The highest BCUT2D eigenvalue weighted by molar-refractivity contribution is 7.12. The Hall–Kier alpha value is -1.73. The summed E-state index contributed by atoms with van der Waals surface area (Å²) in [5, 5.41) is 5.81. The third-order valence-corrected chi connectivity index (χ3v) is 5.20. The standard InChI is InChI=1S/C14H15N3O3S/c1-9-15-13(20-16-9)14-7-17(5-10(14)6-19-8-14)12(18)11-3-2-4-21-11/h2-4,10H,5-8H2,1H3/t10-,14-/m0/s1. The molecule has 21 heavy (non-hydrogen) atoms. The van der Waals surface area contributed by atoms with E-state index in [2.05, 4.69) is 10.1 Å². The average molecular weight is 305 g/mol. The Bertz CT molecular complexity index is 669. The first-order chi connectivity index (χ1) is 10.2.